The van der Waals surface area contributed by atoms with Crippen molar-refractivity contribution in [1.82, 2.24) is 0 Å². The number of allylic oxidation sites excluding steroid dienone is 5. The van der Waals surface area contributed by atoms with Gasteiger partial charge in [0.15, 0.2) is 0 Å². The third-order valence-corrected chi connectivity index (χ3v) is 2.78. The highest BCUT2D eigenvalue weighted by Gasteiger charge is 2.08. The van der Waals surface area contributed by atoms with Crippen LogP contribution >= 0.6 is 0 Å². The van der Waals surface area contributed by atoms with E-state index in [-0.39, 0.29) is 0 Å². The van der Waals surface area contributed by atoms with Gasteiger partial charge in [0, 0.05) is 6.42 Å². The first kappa shape index (κ1) is 9.57. The van der Waals surface area contributed by atoms with Gasteiger partial charge in [-0.3, -0.25) is 0 Å². The van der Waals surface area contributed by atoms with Crippen LogP contribution in [0.5, 0.6) is 0 Å². The Morgan fingerprint density at radius 2 is 2.21 bits per heavy atom. The average molecular weight is 190 g/mol. The molecule has 0 saturated heterocycles. The fraction of sp³-hybridized carbons (Fsp3) is 0.538. The van der Waals surface area contributed by atoms with Crippen LogP contribution in [0.2, 0.25) is 0 Å². The van der Waals surface area contributed by atoms with E-state index in [1.807, 2.05) is 0 Å². The topological polar surface area (TPSA) is 9.23 Å². The summed E-state index contributed by atoms with van der Waals surface area (Å²) in [6.45, 7) is 2.23. The summed E-state index contributed by atoms with van der Waals surface area (Å²) in [6, 6.07) is 0. The molecule has 2 aliphatic rings. The van der Waals surface area contributed by atoms with Gasteiger partial charge in [-0.25, -0.2) is 0 Å². The number of hydrogen-bond donors (Lipinski definition) is 0. The average Bonchev–Trinajstić information content (AvgIpc) is 2.23. The van der Waals surface area contributed by atoms with Crippen LogP contribution in [0.1, 0.15) is 39.0 Å². The Morgan fingerprint density at radius 1 is 1.29 bits per heavy atom. The van der Waals surface area contributed by atoms with Crippen molar-refractivity contribution in [3.63, 3.8) is 0 Å². The molecule has 1 unspecified atom stereocenters. The quantitative estimate of drug-likeness (QED) is 0.640. The van der Waals surface area contributed by atoms with E-state index < -0.39 is 0 Å². The van der Waals surface area contributed by atoms with Gasteiger partial charge in [0.25, 0.3) is 0 Å². The van der Waals surface area contributed by atoms with E-state index in [9.17, 15) is 0 Å². The highest BCUT2D eigenvalue weighted by atomic mass is 16.5. The molecule has 14 heavy (non-hydrogen) atoms. The standard InChI is InChI=1S/C13H18O/c1-11-7-9-13(10-8-11)14-12-5-3-2-4-6-12/h5,7,9-11H,2-4,6,8H2,1H3. The summed E-state index contributed by atoms with van der Waals surface area (Å²) in [4.78, 5) is 0. The van der Waals surface area contributed by atoms with Gasteiger partial charge in [-0.05, 0) is 49.8 Å². The van der Waals surface area contributed by atoms with Crippen molar-refractivity contribution in [2.75, 3.05) is 0 Å². The molecular weight excluding hydrogens is 172 g/mol. The van der Waals surface area contributed by atoms with Crippen LogP contribution in [0.3, 0.4) is 0 Å². The van der Waals surface area contributed by atoms with Crippen LogP contribution in [0.25, 0.3) is 0 Å². The minimum Gasteiger partial charge on any atom is -0.462 e. The molecule has 2 aliphatic carbocycles. The van der Waals surface area contributed by atoms with Crippen molar-refractivity contribution in [2.24, 2.45) is 5.92 Å². The van der Waals surface area contributed by atoms with Crippen LogP contribution in [-0.2, 0) is 4.74 Å². The summed E-state index contributed by atoms with van der Waals surface area (Å²) in [6.07, 6.45) is 14.7. The summed E-state index contributed by atoms with van der Waals surface area (Å²) >= 11 is 0. The lowest BCUT2D eigenvalue weighted by atomic mass is 10.0. The zero-order chi connectivity index (χ0) is 9.80. The predicted octanol–water partition coefficient (Wildman–Crippen LogP) is 3.94. The second kappa shape index (κ2) is 4.50. The molecule has 0 heterocycles. The van der Waals surface area contributed by atoms with E-state index in [0.717, 1.165) is 18.6 Å². The fourth-order valence-electron chi connectivity index (χ4n) is 1.84. The Kier molecular flexibility index (Phi) is 3.07. The molecule has 76 valence electrons. The molecule has 0 N–H and O–H groups in total. The molecule has 1 nitrogen and oxygen atoms in total. The number of hydrogen-bond acceptors (Lipinski definition) is 1. The van der Waals surface area contributed by atoms with E-state index in [1.54, 1.807) is 0 Å². The molecule has 1 atom stereocenters. The molecule has 0 radical (unpaired) electrons. The van der Waals surface area contributed by atoms with E-state index in [4.69, 9.17) is 4.74 Å². The van der Waals surface area contributed by atoms with Gasteiger partial charge in [0.2, 0.25) is 0 Å². The summed E-state index contributed by atoms with van der Waals surface area (Å²) < 4.78 is 5.82. The van der Waals surface area contributed by atoms with Gasteiger partial charge in [-0.1, -0.05) is 13.0 Å². The van der Waals surface area contributed by atoms with Gasteiger partial charge in [0.1, 0.15) is 11.5 Å². The van der Waals surface area contributed by atoms with Crippen LogP contribution in [0, 0.1) is 5.92 Å². The van der Waals surface area contributed by atoms with Crippen molar-refractivity contribution < 1.29 is 4.74 Å². The second-order valence-corrected chi connectivity index (χ2v) is 4.20. The first-order valence-corrected chi connectivity index (χ1v) is 5.60. The number of ether oxygens (including phenoxy) is 1. The van der Waals surface area contributed by atoms with Crippen LogP contribution in [0.15, 0.2) is 35.8 Å². The molecule has 0 fully saturated rings. The fourth-order valence-corrected chi connectivity index (χ4v) is 1.84. The molecule has 0 saturated carbocycles. The first-order valence-electron chi connectivity index (χ1n) is 5.60. The maximum atomic E-state index is 5.82. The van der Waals surface area contributed by atoms with E-state index in [1.165, 1.54) is 25.0 Å². The first-order chi connectivity index (χ1) is 6.84. The molecule has 1 heteroatoms. The molecule has 0 bridgehead atoms. The Morgan fingerprint density at radius 3 is 2.86 bits per heavy atom. The van der Waals surface area contributed by atoms with Gasteiger partial charge in [-0.2, -0.15) is 0 Å². The van der Waals surface area contributed by atoms with Crippen molar-refractivity contribution >= 4 is 0 Å². The van der Waals surface area contributed by atoms with E-state index >= 15 is 0 Å². The third kappa shape index (κ3) is 2.50. The van der Waals surface area contributed by atoms with E-state index in [0.29, 0.717) is 5.92 Å². The van der Waals surface area contributed by atoms with Gasteiger partial charge in [-0.15, -0.1) is 0 Å². The smallest absolute Gasteiger partial charge is 0.122 e. The maximum Gasteiger partial charge on any atom is 0.122 e. The molecule has 0 aromatic rings. The normalized spacial score (nSPS) is 26.8. The SMILES string of the molecule is CC1C=CC(OC2=CCCCC2)=CC1. The van der Waals surface area contributed by atoms with E-state index in [2.05, 4.69) is 31.2 Å². The zero-order valence-corrected chi connectivity index (χ0v) is 8.83. The maximum absolute atomic E-state index is 5.82. The van der Waals surface area contributed by atoms with Gasteiger partial charge >= 0.3 is 0 Å². The van der Waals surface area contributed by atoms with Gasteiger partial charge in [0.05, 0.1) is 0 Å². The minimum absolute atomic E-state index is 0.669. The summed E-state index contributed by atoms with van der Waals surface area (Å²) in [5.41, 5.74) is 0. The Balaban J connectivity index is 1.91. The van der Waals surface area contributed by atoms with Crippen molar-refractivity contribution in [3.05, 3.63) is 35.8 Å². The minimum atomic E-state index is 0.669. The highest BCUT2D eigenvalue weighted by molar-refractivity contribution is 5.20. The van der Waals surface area contributed by atoms with Crippen LogP contribution in [-0.4, -0.2) is 0 Å². The monoisotopic (exact) mass is 190 g/mol. The van der Waals surface area contributed by atoms with Gasteiger partial charge < -0.3 is 4.74 Å². The molecule has 0 amide bonds. The zero-order valence-electron chi connectivity index (χ0n) is 8.83. The van der Waals surface area contributed by atoms with Crippen LogP contribution in [0.4, 0.5) is 0 Å². The largest absolute Gasteiger partial charge is 0.462 e. The Bertz CT molecular complexity index is 284. The number of rotatable bonds is 2. The molecule has 0 aliphatic heterocycles. The lowest BCUT2D eigenvalue weighted by Gasteiger charge is -2.17. The summed E-state index contributed by atoms with van der Waals surface area (Å²) in [5, 5.41) is 0. The summed E-state index contributed by atoms with van der Waals surface area (Å²) in [7, 11) is 0. The molecule has 0 aromatic carbocycles. The second-order valence-electron chi connectivity index (χ2n) is 4.20. The van der Waals surface area contributed by atoms with Crippen molar-refractivity contribution in [2.45, 2.75) is 39.0 Å². The van der Waals surface area contributed by atoms with Crippen LogP contribution < -0.4 is 0 Å². The Hall–Kier alpha value is -0.980. The lowest BCUT2D eigenvalue weighted by Crippen LogP contribution is -2.00. The molecular formula is C13H18O. The molecule has 2 rings (SSSR count). The predicted molar refractivity (Wildman–Crippen MR) is 58.6 cm³/mol. The molecule has 0 spiro atoms. The summed E-state index contributed by atoms with van der Waals surface area (Å²) in [5.74, 6) is 2.88. The Labute approximate surface area is 86.2 Å². The van der Waals surface area contributed by atoms with Crippen molar-refractivity contribution in [1.29, 1.82) is 0 Å². The highest BCUT2D eigenvalue weighted by Crippen LogP contribution is 2.24. The molecule has 0 aromatic heterocycles. The third-order valence-electron chi connectivity index (χ3n) is 2.78. The van der Waals surface area contributed by atoms with Crippen molar-refractivity contribution in [3.8, 4) is 0 Å². The lowest BCUT2D eigenvalue weighted by molar-refractivity contribution is 0.288.